The Labute approximate surface area is 169 Å². The predicted molar refractivity (Wildman–Crippen MR) is 103 cm³/mol. The zero-order valence-corrected chi connectivity index (χ0v) is 16.5. The summed E-state index contributed by atoms with van der Waals surface area (Å²) < 4.78 is 11.0. The van der Waals surface area contributed by atoms with Crippen LogP contribution in [0.15, 0.2) is 46.9 Å². The van der Waals surface area contributed by atoms with E-state index in [2.05, 4.69) is 21.2 Å². The summed E-state index contributed by atoms with van der Waals surface area (Å²) in [5.74, 6) is -0.557. The fraction of sp³-hybridized carbons (Fsp3) is 0.263. The number of esters is 1. The van der Waals surface area contributed by atoms with Gasteiger partial charge in [-0.1, -0.05) is 18.2 Å². The molecule has 2 aromatic carbocycles. The number of nitro benzene ring substituents is 1. The Kier molecular flexibility index (Phi) is 5.93. The summed E-state index contributed by atoms with van der Waals surface area (Å²) in [6, 6.07) is 11.0. The average molecular weight is 449 g/mol. The molecule has 146 valence electrons. The second-order valence-electron chi connectivity index (χ2n) is 6.21. The molecule has 9 heteroatoms. The highest BCUT2D eigenvalue weighted by atomic mass is 79.9. The number of nitrogens with one attached hydrogen (secondary N) is 1. The highest BCUT2D eigenvalue weighted by Crippen LogP contribution is 2.31. The van der Waals surface area contributed by atoms with Crippen molar-refractivity contribution in [1.82, 2.24) is 5.32 Å². The van der Waals surface area contributed by atoms with Crippen molar-refractivity contribution in [2.24, 2.45) is 0 Å². The van der Waals surface area contributed by atoms with E-state index in [0.717, 1.165) is 11.6 Å². The monoisotopic (exact) mass is 448 g/mol. The third kappa shape index (κ3) is 4.30. The number of carbonyl (C=O) groups is 2. The van der Waals surface area contributed by atoms with Crippen molar-refractivity contribution >= 4 is 33.5 Å². The highest BCUT2D eigenvalue weighted by molar-refractivity contribution is 9.10. The summed E-state index contributed by atoms with van der Waals surface area (Å²) in [7, 11) is 0. The fourth-order valence-electron chi connectivity index (χ4n) is 2.84. The van der Waals surface area contributed by atoms with E-state index in [0.29, 0.717) is 18.8 Å². The second-order valence-corrected chi connectivity index (χ2v) is 7.06. The van der Waals surface area contributed by atoms with E-state index >= 15 is 0 Å². The molecule has 1 heterocycles. The van der Waals surface area contributed by atoms with Gasteiger partial charge in [0.05, 0.1) is 27.6 Å². The minimum absolute atomic E-state index is 0.00837. The molecule has 28 heavy (non-hydrogen) atoms. The number of fused-ring (bicyclic) bond motifs is 1. The van der Waals surface area contributed by atoms with Gasteiger partial charge in [0.15, 0.2) is 6.10 Å². The number of hydrogen-bond acceptors (Lipinski definition) is 6. The van der Waals surface area contributed by atoms with Crippen LogP contribution in [-0.2, 0) is 9.53 Å². The molecule has 0 aromatic heterocycles. The third-order valence-electron chi connectivity index (χ3n) is 4.31. The average Bonchev–Trinajstić information content (AvgIpc) is 2.68. The smallest absolute Gasteiger partial charge is 0.339 e. The van der Waals surface area contributed by atoms with Gasteiger partial charge >= 0.3 is 5.97 Å². The van der Waals surface area contributed by atoms with Crippen molar-refractivity contribution in [1.29, 1.82) is 0 Å². The predicted octanol–water partition coefficient (Wildman–Crippen LogP) is 3.54. The Bertz CT molecular complexity index is 932. The SMILES string of the molecule is CC(OC(=O)c1ccc(Br)c([N+](=O)[O-])c1)C(=O)NC1CCOc2ccccc21. The zero-order chi connectivity index (χ0) is 20.3. The van der Waals surface area contributed by atoms with Crippen LogP contribution in [0.1, 0.15) is 35.3 Å². The Hall–Kier alpha value is -2.94. The van der Waals surface area contributed by atoms with Crippen LogP contribution in [0.4, 0.5) is 5.69 Å². The first-order valence-corrected chi connectivity index (χ1v) is 9.33. The summed E-state index contributed by atoms with van der Waals surface area (Å²) >= 11 is 3.05. The molecule has 2 atom stereocenters. The van der Waals surface area contributed by atoms with Crippen LogP contribution >= 0.6 is 15.9 Å². The van der Waals surface area contributed by atoms with Gasteiger partial charge in [-0.05, 0) is 41.1 Å². The lowest BCUT2D eigenvalue weighted by atomic mass is 10.0. The van der Waals surface area contributed by atoms with Crippen molar-refractivity contribution in [3.63, 3.8) is 0 Å². The lowest BCUT2D eigenvalue weighted by molar-refractivity contribution is -0.385. The van der Waals surface area contributed by atoms with Gasteiger partial charge in [0, 0.05) is 18.1 Å². The molecule has 8 nitrogen and oxygen atoms in total. The molecular formula is C19H17BrN2O6. The maximum Gasteiger partial charge on any atom is 0.339 e. The number of halogens is 1. The van der Waals surface area contributed by atoms with E-state index in [4.69, 9.17) is 9.47 Å². The number of ether oxygens (including phenoxy) is 2. The lowest BCUT2D eigenvalue weighted by Crippen LogP contribution is -2.39. The van der Waals surface area contributed by atoms with Gasteiger partial charge in [-0.3, -0.25) is 14.9 Å². The zero-order valence-electron chi connectivity index (χ0n) is 14.9. The number of nitro groups is 1. The molecule has 0 saturated carbocycles. The number of amides is 1. The Balaban J connectivity index is 1.66. The summed E-state index contributed by atoms with van der Waals surface area (Å²) in [5, 5.41) is 13.9. The van der Waals surface area contributed by atoms with Gasteiger partial charge in [0.25, 0.3) is 11.6 Å². The molecule has 3 rings (SSSR count). The van der Waals surface area contributed by atoms with Gasteiger partial charge in [-0.15, -0.1) is 0 Å². The molecule has 2 unspecified atom stereocenters. The van der Waals surface area contributed by atoms with Crippen LogP contribution < -0.4 is 10.1 Å². The maximum absolute atomic E-state index is 12.5. The second kappa shape index (κ2) is 8.39. The first-order chi connectivity index (χ1) is 13.4. The normalized spacial score (nSPS) is 16.3. The molecule has 1 N–H and O–H groups in total. The van der Waals surface area contributed by atoms with Crippen LogP contribution in [0.25, 0.3) is 0 Å². The van der Waals surface area contributed by atoms with Gasteiger partial charge < -0.3 is 14.8 Å². The van der Waals surface area contributed by atoms with Crippen LogP contribution in [0, 0.1) is 10.1 Å². The number of hydrogen-bond donors (Lipinski definition) is 1. The minimum Gasteiger partial charge on any atom is -0.493 e. The standard InChI is InChI=1S/C19H17BrN2O6/c1-11(28-19(24)12-6-7-14(20)16(10-12)22(25)26)18(23)21-15-8-9-27-17-5-3-2-4-13(15)17/h2-7,10-11,15H,8-9H2,1H3,(H,21,23). The largest absolute Gasteiger partial charge is 0.493 e. The van der Waals surface area contributed by atoms with E-state index in [1.165, 1.54) is 19.1 Å². The summed E-state index contributed by atoms with van der Waals surface area (Å²) in [6.07, 6.45) is -0.465. The van der Waals surface area contributed by atoms with Gasteiger partial charge in [0.1, 0.15) is 5.75 Å². The molecule has 0 spiro atoms. The van der Waals surface area contributed by atoms with Crippen molar-refractivity contribution in [3.8, 4) is 5.75 Å². The van der Waals surface area contributed by atoms with Crippen molar-refractivity contribution in [3.05, 3.63) is 68.2 Å². The van der Waals surface area contributed by atoms with Crippen molar-refractivity contribution in [2.75, 3.05) is 6.61 Å². The highest BCUT2D eigenvalue weighted by Gasteiger charge is 2.27. The fourth-order valence-corrected chi connectivity index (χ4v) is 3.23. The van der Waals surface area contributed by atoms with Crippen LogP contribution in [0.3, 0.4) is 0 Å². The van der Waals surface area contributed by atoms with E-state index in [1.807, 2.05) is 24.3 Å². The lowest BCUT2D eigenvalue weighted by Gasteiger charge is -2.27. The molecule has 0 fully saturated rings. The van der Waals surface area contributed by atoms with Crippen LogP contribution in [0.5, 0.6) is 5.75 Å². The molecule has 0 saturated heterocycles. The maximum atomic E-state index is 12.5. The van der Waals surface area contributed by atoms with Crippen LogP contribution in [-0.4, -0.2) is 29.5 Å². The molecule has 1 aliphatic rings. The Morgan fingerprint density at radius 3 is 2.82 bits per heavy atom. The molecule has 1 amide bonds. The number of benzene rings is 2. The minimum atomic E-state index is -1.06. The number of rotatable bonds is 5. The van der Waals surface area contributed by atoms with Gasteiger partial charge in [-0.25, -0.2) is 4.79 Å². The van der Waals surface area contributed by atoms with Gasteiger partial charge in [0.2, 0.25) is 0 Å². The van der Waals surface area contributed by atoms with E-state index in [-0.39, 0.29) is 21.8 Å². The third-order valence-corrected chi connectivity index (χ3v) is 4.98. The van der Waals surface area contributed by atoms with Crippen LogP contribution in [0.2, 0.25) is 0 Å². The molecule has 0 radical (unpaired) electrons. The van der Waals surface area contributed by atoms with Crippen molar-refractivity contribution < 1.29 is 24.0 Å². The quantitative estimate of drug-likeness (QED) is 0.425. The molecule has 2 aromatic rings. The topological polar surface area (TPSA) is 108 Å². The Morgan fingerprint density at radius 2 is 2.07 bits per heavy atom. The summed E-state index contributed by atoms with van der Waals surface area (Å²) in [6.45, 7) is 1.92. The van der Waals surface area contributed by atoms with Gasteiger partial charge in [-0.2, -0.15) is 0 Å². The molecule has 0 aliphatic carbocycles. The molecule has 1 aliphatic heterocycles. The van der Waals surface area contributed by atoms with E-state index < -0.39 is 22.9 Å². The molecule has 0 bridgehead atoms. The number of nitrogens with zero attached hydrogens (tertiary/aromatic N) is 1. The molecular weight excluding hydrogens is 432 g/mol. The van der Waals surface area contributed by atoms with E-state index in [9.17, 15) is 19.7 Å². The Morgan fingerprint density at radius 1 is 1.32 bits per heavy atom. The first-order valence-electron chi connectivity index (χ1n) is 8.54. The first kappa shape index (κ1) is 19.8. The summed E-state index contributed by atoms with van der Waals surface area (Å²) in [4.78, 5) is 35.1. The summed E-state index contributed by atoms with van der Waals surface area (Å²) in [5.41, 5.74) is 0.598. The van der Waals surface area contributed by atoms with E-state index in [1.54, 1.807) is 0 Å². The number of para-hydroxylation sites is 1. The van der Waals surface area contributed by atoms with Crippen molar-refractivity contribution in [2.45, 2.75) is 25.5 Å². The number of carbonyl (C=O) groups excluding carboxylic acids is 2.